The molecule has 4 bridgehead atoms. The summed E-state index contributed by atoms with van der Waals surface area (Å²) in [4.78, 5) is 31.1. The highest BCUT2D eigenvalue weighted by molar-refractivity contribution is 7.90. The number of likely N-dealkylation sites (tertiary alicyclic amines) is 1. The van der Waals surface area contributed by atoms with Crippen molar-refractivity contribution in [1.29, 1.82) is 0 Å². The maximum Gasteiger partial charge on any atom is 0.264 e. The maximum atomic E-state index is 15.6. The van der Waals surface area contributed by atoms with E-state index in [1.807, 2.05) is 17.9 Å². The number of fused-ring (bicyclic) bond motifs is 6. The van der Waals surface area contributed by atoms with Gasteiger partial charge < -0.3 is 19.3 Å². The van der Waals surface area contributed by atoms with Crippen molar-refractivity contribution < 1.29 is 31.9 Å². The van der Waals surface area contributed by atoms with Crippen molar-refractivity contribution in [1.82, 2.24) is 9.62 Å². The first-order valence-electron chi connectivity index (χ1n) is 18.6. The molecule has 12 heteroatoms. The van der Waals surface area contributed by atoms with E-state index in [1.54, 1.807) is 31.2 Å². The van der Waals surface area contributed by atoms with E-state index in [0.717, 1.165) is 50.8 Å². The fraction of sp³-hybridized carbons (Fsp3) is 0.590. The number of sulfonamides is 1. The minimum atomic E-state index is -4.07. The van der Waals surface area contributed by atoms with E-state index in [9.17, 15) is 18.0 Å². The molecule has 1 N–H and O–H groups in total. The van der Waals surface area contributed by atoms with E-state index >= 15 is 4.39 Å². The lowest BCUT2D eigenvalue weighted by atomic mass is 9.63. The predicted octanol–water partition coefficient (Wildman–Crippen LogP) is 6.67. The lowest BCUT2D eigenvalue weighted by Gasteiger charge is -2.50. The molecule has 3 heterocycles. The number of rotatable bonds is 3. The van der Waals surface area contributed by atoms with Crippen LogP contribution in [0.2, 0.25) is 5.02 Å². The number of hydrogen-bond donors (Lipinski definition) is 1. The Kier molecular flexibility index (Phi) is 10.4. The third-order valence-corrected chi connectivity index (χ3v) is 14.5. The van der Waals surface area contributed by atoms with E-state index in [1.165, 1.54) is 0 Å². The van der Waals surface area contributed by atoms with E-state index in [4.69, 9.17) is 21.1 Å². The summed E-state index contributed by atoms with van der Waals surface area (Å²) in [5, 5.41) is -0.789. The van der Waals surface area contributed by atoms with Crippen molar-refractivity contribution in [2.45, 2.75) is 89.0 Å². The Labute approximate surface area is 305 Å². The summed E-state index contributed by atoms with van der Waals surface area (Å²) in [6.45, 7) is 6.29. The number of nitrogens with zero attached hydrogens (tertiary/aromatic N) is 2. The normalized spacial score (nSPS) is 30.7. The minimum absolute atomic E-state index is 0.0116. The number of anilines is 1. The Balaban J connectivity index is 1.30. The second-order valence-electron chi connectivity index (χ2n) is 15.3. The van der Waals surface area contributed by atoms with Gasteiger partial charge in [0, 0.05) is 31.7 Å². The largest absolute Gasteiger partial charge is 0.491 e. The fourth-order valence-electron chi connectivity index (χ4n) is 8.82. The number of allylic oxidation sites excluding steroid dienone is 1. The quantitative estimate of drug-likeness (QED) is 0.351. The highest BCUT2D eigenvalue weighted by Crippen LogP contribution is 2.52. The van der Waals surface area contributed by atoms with E-state index in [0.29, 0.717) is 62.4 Å². The Morgan fingerprint density at radius 3 is 2.67 bits per heavy atom. The highest BCUT2D eigenvalue weighted by atomic mass is 35.5. The van der Waals surface area contributed by atoms with Crippen LogP contribution in [-0.4, -0.2) is 68.8 Å². The zero-order valence-corrected chi connectivity index (χ0v) is 31.1. The molecule has 1 unspecified atom stereocenters. The number of ether oxygens (including phenoxy) is 2. The molecule has 2 aromatic rings. The number of piperidine rings is 1. The van der Waals surface area contributed by atoms with Gasteiger partial charge in [-0.05, 0) is 124 Å². The number of nitrogens with one attached hydrogen (secondary N) is 1. The first-order valence-corrected chi connectivity index (χ1v) is 20.5. The van der Waals surface area contributed by atoms with Gasteiger partial charge >= 0.3 is 0 Å². The Bertz CT molecular complexity index is 1800. The summed E-state index contributed by atoms with van der Waals surface area (Å²) in [5.74, 6) is -0.830. The third kappa shape index (κ3) is 7.27. The molecule has 1 saturated heterocycles. The van der Waals surface area contributed by atoms with E-state index in [2.05, 4.69) is 21.8 Å². The second kappa shape index (κ2) is 14.7. The van der Waals surface area contributed by atoms with Crippen LogP contribution in [0.15, 0.2) is 42.5 Å². The Morgan fingerprint density at radius 1 is 1.10 bits per heavy atom. The number of hydrogen-bond acceptors (Lipinski definition) is 7. The molecule has 9 nitrogen and oxygen atoms in total. The van der Waals surface area contributed by atoms with Crippen LogP contribution < -0.4 is 14.4 Å². The number of benzene rings is 2. The monoisotopic (exact) mass is 741 g/mol. The Hall–Kier alpha value is -3.15. The van der Waals surface area contributed by atoms with Gasteiger partial charge in [0.05, 0.1) is 28.2 Å². The number of carbonyl (C=O) groups is 2. The average Bonchev–Trinajstić information content (AvgIpc) is 3.53. The van der Waals surface area contributed by atoms with Gasteiger partial charge in [-0.15, -0.1) is 0 Å². The van der Waals surface area contributed by atoms with Gasteiger partial charge in [-0.2, -0.15) is 0 Å². The summed E-state index contributed by atoms with van der Waals surface area (Å²) >= 11 is 6.28. The molecule has 51 heavy (non-hydrogen) atoms. The van der Waals surface area contributed by atoms with Crippen molar-refractivity contribution in [3.05, 3.63) is 70.0 Å². The predicted molar refractivity (Wildman–Crippen MR) is 195 cm³/mol. The van der Waals surface area contributed by atoms with Crippen LogP contribution in [0.4, 0.5) is 10.1 Å². The average molecular weight is 742 g/mol. The van der Waals surface area contributed by atoms with Crippen LogP contribution in [0.5, 0.6) is 5.75 Å². The Morgan fingerprint density at radius 2 is 1.90 bits per heavy atom. The van der Waals surface area contributed by atoms with Crippen LogP contribution in [0.25, 0.3) is 0 Å². The third-order valence-electron chi connectivity index (χ3n) is 12.3. The second-order valence-corrected chi connectivity index (χ2v) is 17.7. The van der Waals surface area contributed by atoms with Crippen molar-refractivity contribution in [3.63, 3.8) is 0 Å². The maximum absolute atomic E-state index is 15.6. The summed E-state index contributed by atoms with van der Waals surface area (Å²) in [6, 6.07) is 8.49. The molecule has 7 rings (SSSR count). The SMILES string of the molecule is C[C@@H]1[C@@H](C)S(=O)(=O)NC(=O)c2ccc3c(c2)N(Cc2ccc(Cl)c(F)c2CCCCO3)C[C@@H]2CC[C@H]2C2(OCC(=O)N3CCCCC3)C=C[C@H]1C2. The molecule has 1 saturated carbocycles. The van der Waals surface area contributed by atoms with Crippen molar-refractivity contribution in [2.75, 3.05) is 37.7 Å². The van der Waals surface area contributed by atoms with Gasteiger partial charge in [0.1, 0.15) is 18.2 Å². The van der Waals surface area contributed by atoms with Gasteiger partial charge in [-0.3, -0.25) is 9.59 Å². The lowest BCUT2D eigenvalue weighted by Crippen LogP contribution is -2.52. The van der Waals surface area contributed by atoms with Gasteiger partial charge in [0.25, 0.3) is 5.91 Å². The van der Waals surface area contributed by atoms with Crippen LogP contribution in [0, 0.1) is 29.5 Å². The van der Waals surface area contributed by atoms with Gasteiger partial charge in [0.2, 0.25) is 15.9 Å². The molecule has 2 aromatic carbocycles. The molecule has 2 aliphatic carbocycles. The number of halogens is 2. The zero-order valence-electron chi connectivity index (χ0n) is 29.5. The number of carbonyl (C=O) groups excluding carboxylic acids is 2. The highest BCUT2D eigenvalue weighted by Gasteiger charge is 2.52. The van der Waals surface area contributed by atoms with E-state index in [-0.39, 0.29) is 46.8 Å². The first kappa shape index (κ1) is 36.2. The summed E-state index contributed by atoms with van der Waals surface area (Å²) in [6.07, 6.45) is 11.5. The molecule has 2 fully saturated rings. The minimum Gasteiger partial charge on any atom is -0.491 e. The molecule has 5 aliphatic rings. The molecular weight excluding hydrogens is 693 g/mol. The lowest BCUT2D eigenvalue weighted by molar-refractivity contribution is -0.151. The number of amides is 2. The summed E-state index contributed by atoms with van der Waals surface area (Å²) in [5.41, 5.74) is 1.46. The van der Waals surface area contributed by atoms with E-state index < -0.39 is 32.6 Å². The fourth-order valence-corrected chi connectivity index (χ4v) is 10.3. The van der Waals surface area contributed by atoms with Crippen molar-refractivity contribution in [3.8, 4) is 5.75 Å². The van der Waals surface area contributed by atoms with Gasteiger partial charge in [0.15, 0.2) is 0 Å². The van der Waals surface area contributed by atoms with Crippen LogP contribution in [0.1, 0.15) is 86.7 Å². The smallest absolute Gasteiger partial charge is 0.264 e. The van der Waals surface area contributed by atoms with Crippen molar-refractivity contribution >= 4 is 39.1 Å². The van der Waals surface area contributed by atoms with Crippen LogP contribution in [-0.2, 0) is 32.5 Å². The molecule has 0 spiro atoms. The van der Waals surface area contributed by atoms with Crippen molar-refractivity contribution in [2.24, 2.45) is 23.7 Å². The van der Waals surface area contributed by atoms with Gasteiger partial charge in [-0.25, -0.2) is 17.5 Å². The zero-order chi connectivity index (χ0) is 35.9. The molecule has 276 valence electrons. The first-order chi connectivity index (χ1) is 24.5. The standard InChI is InChI=1S/C39H49ClFN3O6S/c1-25-26(2)51(47,48)42-38(46)27-11-14-35-34(20-27)44(22-29-10-13-33(40)37(41)31(29)8-4-7-19-49-35)23-30-9-12-32(30)39(16-15-28(25)21-39)50-24-36(45)43-17-5-3-6-18-43/h10-11,13-16,20,25-26,28,30,32H,3-9,12,17-19,21-24H2,1-2H3,(H,42,46)/t25-,26-,28+,30+,32-,39?/m1/s1. The summed E-state index contributed by atoms with van der Waals surface area (Å²) < 4.78 is 58.5. The molecule has 6 atom stereocenters. The van der Waals surface area contributed by atoms with Gasteiger partial charge in [-0.1, -0.05) is 36.7 Å². The summed E-state index contributed by atoms with van der Waals surface area (Å²) in [7, 11) is -4.07. The topological polar surface area (TPSA) is 105 Å². The molecule has 2 amide bonds. The van der Waals surface area contributed by atoms with Crippen LogP contribution in [0.3, 0.4) is 0 Å². The molecule has 3 aliphatic heterocycles. The molecule has 0 aromatic heterocycles. The molecular formula is C39H49ClFN3O6S. The van der Waals surface area contributed by atoms with Crippen LogP contribution >= 0.6 is 11.6 Å². The molecule has 0 radical (unpaired) electrons.